The van der Waals surface area contributed by atoms with Crippen LogP contribution in [-0.2, 0) is 11.2 Å². The molecule has 1 aromatic carbocycles. The molecule has 0 aliphatic heterocycles. The van der Waals surface area contributed by atoms with Crippen molar-refractivity contribution in [2.45, 2.75) is 32.8 Å². The van der Waals surface area contributed by atoms with Gasteiger partial charge in [-0.3, -0.25) is 9.88 Å². The highest BCUT2D eigenvalue weighted by Gasteiger charge is 2.36. The first-order valence-corrected chi connectivity index (χ1v) is 9.36. The molecule has 0 spiro atoms. The van der Waals surface area contributed by atoms with Gasteiger partial charge in [-0.25, -0.2) is 13.6 Å². The number of halogens is 2. The van der Waals surface area contributed by atoms with Gasteiger partial charge in [0.05, 0.1) is 11.4 Å². The van der Waals surface area contributed by atoms with E-state index >= 15 is 0 Å². The predicted octanol–water partition coefficient (Wildman–Crippen LogP) is 2.05. The normalized spacial score (nSPS) is 12.3. The number of anilines is 2. The Balaban J connectivity index is 2.24. The molecule has 0 unspecified atom stereocenters. The van der Waals surface area contributed by atoms with Gasteiger partial charge in [0.2, 0.25) is 0 Å². The molecule has 1 aliphatic rings. The molecular weight excluding hydrogens is 395 g/mol. The first kappa shape index (κ1) is 22.0. The maximum Gasteiger partial charge on any atom is 0.492 e. The van der Waals surface area contributed by atoms with Gasteiger partial charge in [0, 0.05) is 62.1 Å². The predicted molar refractivity (Wildman–Crippen MR) is 111 cm³/mol. The summed E-state index contributed by atoms with van der Waals surface area (Å²) in [4.78, 5) is 19.5. The summed E-state index contributed by atoms with van der Waals surface area (Å²) in [5.41, 5.74) is 0.833. The third-order valence-corrected chi connectivity index (χ3v) is 4.81. The van der Waals surface area contributed by atoms with Gasteiger partial charge in [-0.15, -0.1) is 0 Å². The van der Waals surface area contributed by atoms with E-state index in [4.69, 9.17) is 4.74 Å². The fraction of sp³-hybridized carbons (Fsp3) is 0.400. The summed E-state index contributed by atoms with van der Waals surface area (Å²) >= 11 is 0. The quantitative estimate of drug-likeness (QED) is 0.633. The fourth-order valence-electron chi connectivity index (χ4n) is 3.61. The van der Waals surface area contributed by atoms with Gasteiger partial charge in [0.25, 0.3) is 0 Å². The van der Waals surface area contributed by atoms with Crippen LogP contribution < -0.4 is 15.3 Å². The maximum absolute atomic E-state index is 15.0. The van der Waals surface area contributed by atoms with Crippen molar-refractivity contribution in [2.75, 3.05) is 30.9 Å². The van der Waals surface area contributed by atoms with Gasteiger partial charge in [-0.05, 0) is 26.3 Å². The van der Waals surface area contributed by atoms with E-state index in [9.17, 15) is 23.6 Å². The highest BCUT2D eigenvalue weighted by Crippen LogP contribution is 2.46. The lowest BCUT2D eigenvalue weighted by molar-refractivity contribution is 0.0589. The smallest absolute Gasteiger partial charge is 0.443 e. The fourth-order valence-corrected chi connectivity index (χ4v) is 3.61. The summed E-state index contributed by atoms with van der Waals surface area (Å²) < 4.78 is 34.9. The molecule has 0 atom stereocenters. The molecule has 0 saturated carbocycles. The molecule has 0 saturated heterocycles. The van der Waals surface area contributed by atoms with Gasteiger partial charge in [0.1, 0.15) is 5.60 Å². The Morgan fingerprint density at radius 2 is 1.83 bits per heavy atom. The number of rotatable bonds is 3. The first-order chi connectivity index (χ1) is 13.8. The van der Waals surface area contributed by atoms with Gasteiger partial charge >= 0.3 is 13.2 Å². The van der Waals surface area contributed by atoms with Crippen molar-refractivity contribution in [2.24, 2.45) is 0 Å². The average Bonchev–Trinajstić information content (AvgIpc) is 3.01. The Labute approximate surface area is 174 Å². The molecule has 1 aromatic heterocycles. The van der Waals surface area contributed by atoms with E-state index in [1.165, 1.54) is 13.2 Å². The van der Waals surface area contributed by atoms with Crippen LogP contribution in [0.1, 0.15) is 32.0 Å². The van der Waals surface area contributed by atoms with Gasteiger partial charge in [-0.2, -0.15) is 0 Å². The summed E-state index contributed by atoms with van der Waals surface area (Å²) in [5, 5.41) is 19.5. The molecule has 1 amide bonds. The van der Waals surface area contributed by atoms with Crippen LogP contribution in [0.2, 0.25) is 0 Å². The average molecular weight is 419 g/mol. The first-order valence-electron chi connectivity index (χ1n) is 9.36. The molecule has 160 valence electrons. The van der Waals surface area contributed by atoms with Crippen LogP contribution in [0.15, 0.2) is 12.3 Å². The van der Waals surface area contributed by atoms with Gasteiger partial charge < -0.3 is 19.7 Å². The minimum Gasteiger partial charge on any atom is -0.443 e. The lowest BCUT2D eigenvalue weighted by Gasteiger charge is -2.26. The monoisotopic (exact) mass is 419 g/mol. The number of hydrogen-bond acceptors (Lipinski definition) is 6. The molecule has 0 fully saturated rings. The van der Waals surface area contributed by atoms with Gasteiger partial charge in [0.15, 0.2) is 11.6 Å². The van der Waals surface area contributed by atoms with Crippen molar-refractivity contribution in [1.29, 1.82) is 0 Å². The summed E-state index contributed by atoms with van der Waals surface area (Å²) in [6.45, 7) is 5.12. The van der Waals surface area contributed by atoms with Crippen molar-refractivity contribution < 1.29 is 28.4 Å². The van der Waals surface area contributed by atoms with Gasteiger partial charge in [-0.1, -0.05) is 0 Å². The molecule has 3 rings (SSSR count). The molecule has 7 nitrogen and oxygen atoms in total. The van der Waals surface area contributed by atoms with E-state index < -0.39 is 30.4 Å². The van der Waals surface area contributed by atoms with E-state index in [0.717, 1.165) is 11.0 Å². The van der Waals surface area contributed by atoms with Crippen molar-refractivity contribution in [3.05, 3.63) is 35.2 Å². The molecule has 2 N–H and O–H groups in total. The van der Waals surface area contributed by atoms with Crippen LogP contribution >= 0.6 is 0 Å². The number of hydrogen-bond donors (Lipinski definition) is 2. The zero-order valence-corrected chi connectivity index (χ0v) is 17.7. The number of carbonyl (C=O) groups excluding carboxylic acids is 1. The van der Waals surface area contributed by atoms with Crippen molar-refractivity contribution in [3.63, 3.8) is 0 Å². The zero-order chi connectivity index (χ0) is 22.5. The SMILES string of the molecule is CN(C)c1c(B(O)O)cnc2c1-c1c(F)c(F)cc(N(C)C(=O)OC(C)(C)C)c1C2. The summed E-state index contributed by atoms with van der Waals surface area (Å²) in [7, 11) is 2.90. The molecule has 10 heteroatoms. The van der Waals surface area contributed by atoms with Crippen LogP contribution in [-0.4, -0.2) is 55.0 Å². The Bertz CT molecular complexity index is 1020. The molecule has 2 aromatic rings. The number of amides is 1. The number of ether oxygens (including phenoxy) is 1. The van der Waals surface area contributed by atoms with Crippen LogP contribution in [0.4, 0.5) is 25.0 Å². The summed E-state index contributed by atoms with van der Waals surface area (Å²) in [6.07, 6.45) is 0.738. The standard InChI is InChI=1S/C20H24BF2N3O4/c1-20(2,3)30-19(27)26(6)14-8-12(22)17(23)15-10(14)7-13-16(15)18(25(4)5)11(9-24-13)21(28)29/h8-9,28-29H,7H2,1-6H3. The second-order valence-corrected chi connectivity index (χ2v) is 8.41. The van der Waals surface area contributed by atoms with E-state index in [1.54, 1.807) is 39.8 Å². The maximum atomic E-state index is 15.0. The minimum atomic E-state index is -1.84. The molecule has 0 radical (unpaired) electrons. The Kier molecular flexibility index (Phi) is 5.51. The van der Waals surface area contributed by atoms with Crippen LogP contribution in [0.5, 0.6) is 0 Å². The Morgan fingerprint density at radius 3 is 2.37 bits per heavy atom. The molecular formula is C20H24BF2N3O4. The number of carbonyl (C=O) groups is 1. The summed E-state index contributed by atoms with van der Waals surface area (Å²) in [6, 6.07) is 0.959. The molecule has 30 heavy (non-hydrogen) atoms. The number of nitrogens with zero attached hydrogens (tertiary/aromatic N) is 3. The number of fused-ring (bicyclic) bond motifs is 3. The zero-order valence-electron chi connectivity index (χ0n) is 17.7. The van der Waals surface area contributed by atoms with E-state index in [1.807, 2.05) is 0 Å². The largest absolute Gasteiger partial charge is 0.492 e. The van der Waals surface area contributed by atoms with Crippen molar-refractivity contribution >= 4 is 30.0 Å². The molecule has 1 aliphatic carbocycles. The number of benzene rings is 1. The third kappa shape index (κ3) is 3.72. The van der Waals surface area contributed by atoms with Crippen molar-refractivity contribution in [1.82, 2.24) is 4.98 Å². The van der Waals surface area contributed by atoms with E-state index in [0.29, 0.717) is 16.9 Å². The van der Waals surface area contributed by atoms with Crippen LogP contribution in [0.3, 0.4) is 0 Å². The molecule has 1 heterocycles. The molecule has 0 bridgehead atoms. The highest BCUT2D eigenvalue weighted by molar-refractivity contribution is 6.61. The number of pyridine rings is 1. The van der Waals surface area contributed by atoms with Crippen LogP contribution in [0, 0.1) is 11.6 Å². The Hall–Kier alpha value is -2.72. The number of aromatic nitrogens is 1. The van der Waals surface area contributed by atoms with E-state index in [2.05, 4.69) is 4.98 Å². The lowest BCUT2D eigenvalue weighted by atomic mass is 9.78. The second kappa shape index (κ2) is 7.52. The summed E-state index contributed by atoms with van der Waals surface area (Å²) in [5.74, 6) is -2.22. The van der Waals surface area contributed by atoms with Crippen LogP contribution in [0.25, 0.3) is 11.1 Å². The lowest BCUT2D eigenvalue weighted by Crippen LogP contribution is -2.35. The minimum absolute atomic E-state index is 0.0471. The highest BCUT2D eigenvalue weighted by atomic mass is 19.2. The Morgan fingerprint density at radius 1 is 1.20 bits per heavy atom. The second-order valence-electron chi connectivity index (χ2n) is 8.41. The third-order valence-electron chi connectivity index (χ3n) is 4.81. The van der Waals surface area contributed by atoms with Crippen molar-refractivity contribution in [3.8, 4) is 11.1 Å². The topological polar surface area (TPSA) is 86.1 Å². The van der Waals surface area contributed by atoms with E-state index in [-0.39, 0.29) is 28.7 Å².